The van der Waals surface area contributed by atoms with Crippen LogP contribution in [0.3, 0.4) is 0 Å². The molecule has 2 aliphatic heterocycles. The average Bonchev–Trinajstić information content (AvgIpc) is 2.47. The summed E-state index contributed by atoms with van der Waals surface area (Å²) in [5, 5.41) is 0. The second-order valence-electron chi connectivity index (χ2n) is 7.71. The Labute approximate surface area is 129 Å². The van der Waals surface area contributed by atoms with Gasteiger partial charge in [-0.3, -0.25) is 0 Å². The number of hydrogen-bond donors (Lipinski definition) is 1. The van der Waals surface area contributed by atoms with Crippen LogP contribution in [-0.2, 0) is 9.47 Å². The minimum atomic E-state index is 0.0233. The summed E-state index contributed by atoms with van der Waals surface area (Å²) < 4.78 is 12.4. The molecule has 1 N–H and O–H groups in total. The normalized spacial score (nSPS) is 42.0. The lowest BCUT2D eigenvalue weighted by Gasteiger charge is -2.49. The molecule has 120 valence electrons. The van der Waals surface area contributed by atoms with E-state index in [1.54, 1.807) is 4.90 Å². The third-order valence-electron chi connectivity index (χ3n) is 6.14. The largest absolute Gasteiger partial charge is 0.347 e. The van der Waals surface area contributed by atoms with E-state index in [0.717, 1.165) is 19.8 Å². The summed E-state index contributed by atoms with van der Waals surface area (Å²) >= 11 is 0. The molecule has 3 aliphatic rings. The Balaban J connectivity index is 1.56. The Morgan fingerprint density at radius 3 is 2.43 bits per heavy atom. The van der Waals surface area contributed by atoms with Crippen molar-refractivity contribution in [3.05, 3.63) is 11.6 Å². The first kappa shape index (κ1) is 15.5. The smallest absolute Gasteiger partial charge is 0.207 e. The molecule has 0 bridgehead atoms. The van der Waals surface area contributed by atoms with Crippen molar-refractivity contribution in [1.29, 1.82) is 0 Å². The van der Waals surface area contributed by atoms with Crippen molar-refractivity contribution in [1.82, 2.24) is 0 Å². The number of allylic oxidation sites excluding steroid dienone is 2. The number of hydrogen-bond acceptors (Lipinski definition) is 2. The van der Waals surface area contributed by atoms with Crippen LogP contribution in [0.5, 0.6) is 0 Å². The number of likely N-dealkylation sites (tertiary alicyclic amines) is 1. The number of quaternary nitrogens is 1. The van der Waals surface area contributed by atoms with Gasteiger partial charge in [0.25, 0.3) is 0 Å². The third kappa shape index (κ3) is 3.20. The van der Waals surface area contributed by atoms with Crippen LogP contribution in [0.25, 0.3) is 0 Å². The fraction of sp³-hybridized carbons (Fsp3) is 0.889. The summed E-state index contributed by atoms with van der Waals surface area (Å²) in [6.07, 6.45) is 7.78. The molecular formula is C18H32NO2+. The van der Waals surface area contributed by atoms with Gasteiger partial charge in [-0.1, -0.05) is 25.5 Å². The Morgan fingerprint density at radius 1 is 1.14 bits per heavy atom. The monoisotopic (exact) mass is 294 g/mol. The van der Waals surface area contributed by atoms with E-state index < -0.39 is 0 Å². The molecule has 21 heavy (non-hydrogen) atoms. The fourth-order valence-electron chi connectivity index (χ4n) is 4.54. The molecule has 0 saturated carbocycles. The highest BCUT2D eigenvalue weighted by atomic mass is 16.7. The molecule has 1 spiro atoms. The third-order valence-corrected chi connectivity index (χ3v) is 6.14. The molecule has 2 saturated heterocycles. The van der Waals surface area contributed by atoms with Gasteiger partial charge >= 0.3 is 0 Å². The zero-order valence-corrected chi connectivity index (χ0v) is 14.0. The minimum Gasteiger partial charge on any atom is -0.347 e. The molecule has 0 aromatic rings. The summed E-state index contributed by atoms with van der Waals surface area (Å²) in [6, 6.07) is 0. The predicted octanol–water partition coefficient (Wildman–Crippen LogP) is 2.04. The highest BCUT2D eigenvalue weighted by Crippen LogP contribution is 2.46. The zero-order valence-electron chi connectivity index (χ0n) is 14.0. The second kappa shape index (κ2) is 6.39. The van der Waals surface area contributed by atoms with Crippen LogP contribution < -0.4 is 4.90 Å². The van der Waals surface area contributed by atoms with Gasteiger partial charge in [0.15, 0.2) is 0 Å². The van der Waals surface area contributed by atoms with E-state index in [0.29, 0.717) is 11.8 Å². The van der Waals surface area contributed by atoms with Crippen molar-refractivity contribution in [3.8, 4) is 0 Å². The maximum atomic E-state index is 6.18. The molecule has 3 heteroatoms. The van der Waals surface area contributed by atoms with Gasteiger partial charge in [0.1, 0.15) is 6.54 Å². The van der Waals surface area contributed by atoms with Crippen LogP contribution in [0.15, 0.2) is 11.6 Å². The Bertz CT molecular complexity index is 379. The van der Waals surface area contributed by atoms with Crippen LogP contribution in [0.4, 0.5) is 0 Å². The van der Waals surface area contributed by atoms with Crippen molar-refractivity contribution < 1.29 is 14.4 Å². The molecule has 2 heterocycles. The summed E-state index contributed by atoms with van der Waals surface area (Å²) in [7, 11) is 0. The summed E-state index contributed by atoms with van der Waals surface area (Å²) in [4.78, 5) is 1.67. The van der Waals surface area contributed by atoms with Crippen molar-refractivity contribution in [2.75, 3.05) is 32.8 Å². The molecule has 3 nitrogen and oxygen atoms in total. The van der Waals surface area contributed by atoms with E-state index in [1.165, 1.54) is 44.3 Å². The SMILES string of the molecule is CC1=C[C@H](C)C2(COC(C[NH+]3CCCCC3)OC2)[C@H](C)C1. The highest BCUT2D eigenvalue weighted by Gasteiger charge is 2.47. The van der Waals surface area contributed by atoms with Gasteiger partial charge in [-0.2, -0.15) is 0 Å². The molecule has 0 unspecified atom stereocenters. The fourth-order valence-corrected chi connectivity index (χ4v) is 4.54. The minimum absolute atomic E-state index is 0.0233. The van der Waals surface area contributed by atoms with Gasteiger partial charge in [0.05, 0.1) is 26.3 Å². The van der Waals surface area contributed by atoms with Crippen molar-refractivity contribution in [2.45, 2.75) is 52.7 Å². The van der Waals surface area contributed by atoms with E-state index >= 15 is 0 Å². The van der Waals surface area contributed by atoms with E-state index in [4.69, 9.17) is 9.47 Å². The first-order valence-corrected chi connectivity index (χ1v) is 8.84. The van der Waals surface area contributed by atoms with Gasteiger partial charge < -0.3 is 14.4 Å². The zero-order chi connectivity index (χ0) is 14.9. The van der Waals surface area contributed by atoms with Gasteiger partial charge in [-0.15, -0.1) is 0 Å². The number of nitrogens with one attached hydrogen (secondary N) is 1. The van der Waals surface area contributed by atoms with E-state index in [2.05, 4.69) is 26.8 Å². The van der Waals surface area contributed by atoms with Crippen LogP contribution in [0.2, 0.25) is 0 Å². The molecule has 0 aromatic heterocycles. The number of rotatable bonds is 2. The quantitative estimate of drug-likeness (QED) is 0.788. The second-order valence-corrected chi connectivity index (χ2v) is 7.71. The first-order valence-electron chi connectivity index (χ1n) is 8.84. The Hall–Kier alpha value is -0.380. The molecule has 3 rings (SSSR count). The maximum Gasteiger partial charge on any atom is 0.207 e. The van der Waals surface area contributed by atoms with Crippen LogP contribution in [-0.4, -0.2) is 39.1 Å². The number of ether oxygens (including phenoxy) is 2. The lowest BCUT2D eigenvalue weighted by molar-refractivity contribution is -0.911. The molecule has 0 amide bonds. The summed E-state index contributed by atoms with van der Waals surface area (Å²) in [5.74, 6) is 1.21. The average molecular weight is 294 g/mol. The van der Waals surface area contributed by atoms with Gasteiger partial charge in [-0.05, 0) is 44.4 Å². The predicted molar refractivity (Wildman–Crippen MR) is 84.2 cm³/mol. The lowest BCUT2D eigenvalue weighted by atomic mass is 9.63. The molecule has 2 atom stereocenters. The van der Waals surface area contributed by atoms with E-state index in [1.807, 2.05) is 0 Å². The van der Waals surface area contributed by atoms with E-state index in [9.17, 15) is 0 Å². The van der Waals surface area contributed by atoms with Crippen molar-refractivity contribution in [3.63, 3.8) is 0 Å². The molecule has 0 radical (unpaired) electrons. The Kier molecular flexibility index (Phi) is 4.72. The van der Waals surface area contributed by atoms with Gasteiger partial charge in [0, 0.05) is 5.41 Å². The summed E-state index contributed by atoms with van der Waals surface area (Å²) in [5.41, 5.74) is 1.73. The van der Waals surface area contributed by atoms with E-state index in [-0.39, 0.29) is 11.7 Å². The van der Waals surface area contributed by atoms with Crippen LogP contribution in [0, 0.1) is 17.3 Å². The van der Waals surface area contributed by atoms with Gasteiger partial charge in [0.2, 0.25) is 6.29 Å². The topological polar surface area (TPSA) is 22.9 Å². The summed E-state index contributed by atoms with van der Waals surface area (Å²) in [6.45, 7) is 12.3. The first-order chi connectivity index (χ1) is 10.1. The standard InChI is InChI=1S/C18H31NO2/c1-14-9-15(2)18(16(3)10-14)12-20-17(21-13-18)11-19-7-5-4-6-8-19/h9,15-17H,4-8,10-13H2,1-3H3/p+1/t15-,16+,17?,18?/m0/s1. The Morgan fingerprint density at radius 2 is 1.81 bits per heavy atom. The highest BCUT2D eigenvalue weighted by molar-refractivity contribution is 5.13. The molecule has 1 aliphatic carbocycles. The molecular weight excluding hydrogens is 262 g/mol. The van der Waals surface area contributed by atoms with Crippen LogP contribution in [0.1, 0.15) is 46.5 Å². The van der Waals surface area contributed by atoms with Crippen molar-refractivity contribution >= 4 is 0 Å². The molecule has 0 aromatic carbocycles. The molecule has 2 fully saturated rings. The number of piperidine rings is 1. The van der Waals surface area contributed by atoms with Crippen molar-refractivity contribution in [2.24, 2.45) is 17.3 Å². The van der Waals surface area contributed by atoms with Gasteiger partial charge in [-0.25, -0.2) is 0 Å². The lowest BCUT2D eigenvalue weighted by Crippen LogP contribution is -3.14. The maximum absolute atomic E-state index is 6.18. The van der Waals surface area contributed by atoms with Crippen LogP contribution >= 0.6 is 0 Å².